The maximum Gasteiger partial charge on any atom is 0.176 e. The van der Waals surface area contributed by atoms with Crippen molar-refractivity contribution in [3.05, 3.63) is 9.75 Å². The van der Waals surface area contributed by atoms with Gasteiger partial charge in [-0.05, 0) is 19.3 Å². The number of thiophene rings is 1. The summed E-state index contributed by atoms with van der Waals surface area (Å²) in [5, 5.41) is 10.5. The van der Waals surface area contributed by atoms with E-state index in [9.17, 15) is 5.11 Å². The van der Waals surface area contributed by atoms with Gasteiger partial charge in [0.2, 0.25) is 0 Å². The molecule has 21 heavy (non-hydrogen) atoms. The molecule has 1 rings (SSSR count). The first-order chi connectivity index (χ1) is 9.68. The molecule has 0 saturated carbocycles. The van der Waals surface area contributed by atoms with E-state index in [1.54, 1.807) is 11.3 Å². The lowest BCUT2D eigenvalue weighted by Crippen LogP contribution is -2.21. The van der Waals surface area contributed by atoms with Crippen LogP contribution in [0.2, 0.25) is 0 Å². The van der Waals surface area contributed by atoms with E-state index in [-0.39, 0.29) is 11.5 Å². The summed E-state index contributed by atoms with van der Waals surface area (Å²) in [6, 6.07) is 0. The van der Waals surface area contributed by atoms with Gasteiger partial charge in [0.25, 0.3) is 0 Å². The summed E-state index contributed by atoms with van der Waals surface area (Å²) in [6.07, 6.45) is 0.930. The van der Waals surface area contributed by atoms with Crippen LogP contribution in [0.5, 0.6) is 11.5 Å². The molecule has 1 unspecified atom stereocenters. The standard InChI is InChI=1S/C17H30O3S/c1-8-9-19-10-12(4)20-14-13(18)15(11(2)3)21-16(14)17(5,6)7/h11-12,18H,8-10H2,1-7H3. The Balaban J connectivity index is 2.98. The van der Waals surface area contributed by atoms with Gasteiger partial charge in [0.1, 0.15) is 6.10 Å². The van der Waals surface area contributed by atoms with Crippen LogP contribution < -0.4 is 4.74 Å². The van der Waals surface area contributed by atoms with Crippen molar-refractivity contribution in [3.63, 3.8) is 0 Å². The predicted octanol–water partition coefficient (Wildman–Crippen LogP) is 5.07. The van der Waals surface area contributed by atoms with Crippen molar-refractivity contribution in [2.24, 2.45) is 0 Å². The number of ether oxygens (including phenoxy) is 2. The fraction of sp³-hybridized carbons (Fsp3) is 0.765. The number of hydrogen-bond donors (Lipinski definition) is 1. The zero-order valence-corrected chi connectivity index (χ0v) is 15.3. The van der Waals surface area contributed by atoms with Crippen molar-refractivity contribution >= 4 is 11.3 Å². The van der Waals surface area contributed by atoms with E-state index in [0.717, 1.165) is 22.8 Å². The normalized spacial score (nSPS) is 13.7. The zero-order chi connectivity index (χ0) is 16.2. The lowest BCUT2D eigenvalue weighted by molar-refractivity contribution is 0.0571. The van der Waals surface area contributed by atoms with Crippen LogP contribution in [0, 0.1) is 0 Å². The van der Waals surface area contributed by atoms with Crippen molar-refractivity contribution in [3.8, 4) is 11.5 Å². The highest BCUT2D eigenvalue weighted by atomic mass is 32.1. The van der Waals surface area contributed by atoms with E-state index in [0.29, 0.717) is 24.0 Å². The van der Waals surface area contributed by atoms with Crippen LogP contribution in [0.4, 0.5) is 0 Å². The van der Waals surface area contributed by atoms with Crippen LogP contribution in [0.15, 0.2) is 0 Å². The molecular weight excluding hydrogens is 284 g/mol. The highest BCUT2D eigenvalue weighted by Crippen LogP contribution is 2.49. The van der Waals surface area contributed by atoms with Crippen LogP contribution in [0.3, 0.4) is 0 Å². The minimum absolute atomic E-state index is 0.0470. The van der Waals surface area contributed by atoms with Gasteiger partial charge in [0.15, 0.2) is 11.5 Å². The van der Waals surface area contributed by atoms with Crippen LogP contribution >= 0.6 is 11.3 Å². The molecule has 122 valence electrons. The van der Waals surface area contributed by atoms with Crippen LogP contribution in [-0.4, -0.2) is 24.4 Å². The Labute approximate surface area is 133 Å². The van der Waals surface area contributed by atoms with Gasteiger partial charge in [-0.3, -0.25) is 0 Å². The third-order valence-corrected chi connectivity index (χ3v) is 4.98. The molecule has 0 bridgehead atoms. The molecule has 1 heterocycles. The van der Waals surface area contributed by atoms with E-state index in [1.165, 1.54) is 0 Å². The molecule has 3 nitrogen and oxygen atoms in total. The zero-order valence-electron chi connectivity index (χ0n) is 14.4. The minimum Gasteiger partial charge on any atom is -0.503 e. The highest BCUT2D eigenvalue weighted by Gasteiger charge is 2.29. The topological polar surface area (TPSA) is 38.7 Å². The summed E-state index contributed by atoms with van der Waals surface area (Å²) in [6.45, 7) is 16.0. The van der Waals surface area contributed by atoms with Gasteiger partial charge in [-0.25, -0.2) is 0 Å². The molecule has 0 fully saturated rings. The number of hydrogen-bond acceptors (Lipinski definition) is 4. The Morgan fingerprint density at radius 3 is 2.29 bits per heavy atom. The first-order valence-electron chi connectivity index (χ1n) is 7.79. The Hall–Kier alpha value is -0.740. The molecule has 1 aromatic rings. The second-order valence-corrected chi connectivity index (χ2v) is 7.93. The number of aromatic hydroxyl groups is 1. The summed E-state index contributed by atoms with van der Waals surface area (Å²) in [7, 11) is 0. The molecule has 1 atom stereocenters. The molecule has 0 spiro atoms. The molecule has 0 aliphatic heterocycles. The smallest absolute Gasteiger partial charge is 0.176 e. The summed E-state index contributed by atoms with van der Waals surface area (Å²) >= 11 is 1.66. The molecule has 0 saturated heterocycles. The number of rotatable bonds is 7. The molecule has 0 amide bonds. The SMILES string of the molecule is CCCOCC(C)Oc1c(C(C)(C)C)sc(C(C)C)c1O. The molecule has 0 aliphatic carbocycles. The fourth-order valence-electron chi connectivity index (χ4n) is 2.05. The Bertz CT molecular complexity index is 444. The Kier molecular flexibility index (Phi) is 6.54. The largest absolute Gasteiger partial charge is 0.503 e. The van der Waals surface area contributed by atoms with Gasteiger partial charge in [-0.1, -0.05) is 41.5 Å². The lowest BCUT2D eigenvalue weighted by Gasteiger charge is -2.21. The van der Waals surface area contributed by atoms with Gasteiger partial charge in [-0.2, -0.15) is 0 Å². The van der Waals surface area contributed by atoms with Crippen molar-refractivity contribution in [1.82, 2.24) is 0 Å². The summed E-state index contributed by atoms with van der Waals surface area (Å²) < 4.78 is 11.5. The molecule has 4 heteroatoms. The monoisotopic (exact) mass is 314 g/mol. The molecular formula is C17H30O3S. The first kappa shape index (κ1) is 18.3. The van der Waals surface area contributed by atoms with Crippen LogP contribution in [0.1, 0.15) is 70.6 Å². The van der Waals surface area contributed by atoms with Gasteiger partial charge in [0.05, 0.1) is 16.4 Å². The average Bonchev–Trinajstić information content (AvgIpc) is 2.67. The van der Waals surface area contributed by atoms with Crippen LogP contribution in [-0.2, 0) is 10.2 Å². The van der Waals surface area contributed by atoms with Crippen molar-refractivity contribution in [2.75, 3.05) is 13.2 Å². The summed E-state index contributed by atoms with van der Waals surface area (Å²) in [5.41, 5.74) is -0.0470. The van der Waals surface area contributed by atoms with E-state index in [1.807, 2.05) is 6.92 Å². The molecule has 0 aromatic carbocycles. The van der Waals surface area contributed by atoms with E-state index >= 15 is 0 Å². The molecule has 0 radical (unpaired) electrons. The van der Waals surface area contributed by atoms with Gasteiger partial charge in [-0.15, -0.1) is 11.3 Å². The maximum atomic E-state index is 10.5. The Morgan fingerprint density at radius 1 is 1.19 bits per heavy atom. The van der Waals surface area contributed by atoms with Crippen LogP contribution in [0.25, 0.3) is 0 Å². The average molecular weight is 314 g/mol. The van der Waals surface area contributed by atoms with Gasteiger partial charge < -0.3 is 14.6 Å². The lowest BCUT2D eigenvalue weighted by atomic mass is 9.94. The van der Waals surface area contributed by atoms with Gasteiger partial charge >= 0.3 is 0 Å². The minimum atomic E-state index is -0.0711. The van der Waals surface area contributed by atoms with Crippen molar-refractivity contribution < 1.29 is 14.6 Å². The third-order valence-electron chi connectivity index (χ3n) is 3.09. The summed E-state index contributed by atoms with van der Waals surface area (Å²) in [5.74, 6) is 1.24. The van der Waals surface area contributed by atoms with Gasteiger partial charge in [0, 0.05) is 12.0 Å². The van der Waals surface area contributed by atoms with E-state index in [4.69, 9.17) is 9.47 Å². The third kappa shape index (κ3) is 4.89. The second kappa shape index (κ2) is 7.50. The maximum absolute atomic E-state index is 10.5. The highest BCUT2D eigenvalue weighted by molar-refractivity contribution is 7.13. The second-order valence-electron chi connectivity index (χ2n) is 6.88. The first-order valence-corrected chi connectivity index (χ1v) is 8.60. The quantitative estimate of drug-likeness (QED) is 0.714. The fourth-order valence-corrected chi connectivity index (χ4v) is 3.24. The van der Waals surface area contributed by atoms with E-state index in [2.05, 4.69) is 41.5 Å². The molecule has 0 aliphatic rings. The van der Waals surface area contributed by atoms with E-state index < -0.39 is 0 Å². The Morgan fingerprint density at radius 2 is 1.81 bits per heavy atom. The predicted molar refractivity (Wildman–Crippen MR) is 90.0 cm³/mol. The van der Waals surface area contributed by atoms with Crippen molar-refractivity contribution in [1.29, 1.82) is 0 Å². The summed E-state index contributed by atoms with van der Waals surface area (Å²) in [4.78, 5) is 2.10. The molecule has 1 aromatic heterocycles. The molecule has 1 N–H and O–H groups in total. The van der Waals surface area contributed by atoms with Crippen molar-refractivity contribution in [2.45, 2.75) is 72.3 Å².